The summed E-state index contributed by atoms with van der Waals surface area (Å²) in [6.45, 7) is 12.2. The Kier molecular flexibility index (Phi) is 4.38. The lowest BCUT2D eigenvalue weighted by Crippen LogP contribution is -2.38. The molecule has 2 heterocycles. The van der Waals surface area contributed by atoms with Crippen LogP contribution in [-0.4, -0.2) is 17.7 Å². The average molecular weight is 281 g/mol. The highest BCUT2D eigenvalue weighted by Gasteiger charge is 2.49. The summed E-state index contributed by atoms with van der Waals surface area (Å²) in [5.74, 6) is 0.521. The molecule has 1 aliphatic heterocycles. The first-order valence-electron chi connectivity index (χ1n) is 7.33. The Morgan fingerprint density at radius 3 is 2.63 bits per heavy atom. The maximum absolute atomic E-state index is 6.27. The monoisotopic (exact) mass is 281 g/mol. The van der Waals surface area contributed by atoms with Crippen LogP contribution >= 0.6 is 11.3 Å². The third kappa shape index (κ3) is 3.39. The van der Waals surface area contributed by atoms with Crippen molar-refractivity contribution in [3.8, 4) is 0 Å². The summed E-state index contributed by atoms with van der Waals surface area (Å²) >= 11 is 1.85. The molecule has 1 saturated heterocycles. The van der Waals surface area contributed by atoms with Crippen LogP contribution in [0.2, 0.25) is 0 Å². The minimum absolute atomic E-state index is 0.0163. The van der Waals surface area contributed by atoms with Gasteiger partial charge in [0.2, 0.25) is 0 Å². The molecule has 1 aliphatic rings. The van der Waals surface area contributed by atoms with Gasteiger partial charge in [0.1, 0.15) is 0 Å². The second-order valence-corrected chi connectivity index (χ2v) is 7.70. The zero-order chi connectivity index (χ0) is 14.1. The molecule has 2 atom stereocenters. The summed E-state index contributed by atoms with van der Waals surface area (Å²) < 4.78 is 6.27. The van der Waals surface area contributed by atoms with Gasteiger partial charge in [-0.15, -0.1) is 11.3 Å². The van der Waals surface area contributed by atoms with Gasteiger partial charge in [-0.05, 0) is 58.5 Å². The molecule has 0 aliphatic carbocycles. The van der Waals surface area contributed by atoms with Crippen molar-refractivity contribution >= 4 is 11.3 Å². The van der Waals surface area contributed by atoms with Gasteiger partial charge in [-0.2, -0.15) is 0 Å². The van der Waals surface area contributed by atoms with Crippen LogP contribution in [0, 0.1) is 5.92 Å². The number of hydrogen-bond acceptors (Lipinski definition) is 3. The molecule has 0 spiro atoms. The first kappa shape index (κ1) is 15.0. The maximum Gasteiger partial charge on any atom is 0.0681 e. The topological polar surface area (TPSA) is 21.3 Å². The number of thiophene rings is 1. The zero-order valence-electron chi connectivity index (χ0n) is 12.8. The molecule has 3 heteroatoms. The van der Waals surface area contributed by atoms with E-state index >= 15 is 0 Å². The second kappa shape index (κ2) is 5.55. The molecule has 1 aromatic heterocycles. The zero-order valence-corrected chi connectivity index (χ0v) is 13.6. The summed E-state index contributed by atoms with van der Waals surface area (Å²) in [5.41, 5.74) is -0.0868. The van der Waals surface area contributed by atoms with Gasteiger partial charge in [-0.25, -0.2) is 0 Å². The molecule has 1 aromatic rings. The van der Waals surface area contributed by atoms with Crippen LogP contribution in [0.25, 0.3) is 0 Å². The number of hydrogen-bond donors (Lipinski definition) is 1. The highest BCUT2D eigenvalue weighted by atomic mass is 32.1. The Hall–Kier alpha value is -0.380. The molecule has 2 nitrogen and oxygen atoms in total. The fourth-order valence-electron chi connectivity index (χ4n) is 3.33. The van der Waals surface area contributed by atoms with Gasteiger partial charge in [0.15, 0.2) is 0 Å². The summed E-state index contributed by atoms with van der Waals surface area (Å²) in [5, 5.41) is 5.91. The van der Waals surface area contributed by atoms with Gasteiger partial charge in [0.05, 0.1) is 11.2 Å². The van der Waals surface area contributed by atoms with Crippen LogP contribution in [0.5, 0.6) is 0 Å². The largest absolute Gasteiger partial charge is 0.369 e. The van der Waals surface area contributed by atoms with Crippen molar-refractivity contribution in [2.45, 2.75) is 64.7 Å². The molecule has 108 valence electrons. The molecule has 2 rings (SSSR count). The van der Waals surface area contributed by atoms with Crippen molar-refractivity contribution < 1.29 is 4.74 Å². The van der Waals surface area contributed by atoms with Crippen molar-refractivity contribution in [2.24, 2.45) is 5.92 Å². The van der Waals surface area contributed by atoms with E-state index in [0.717, 1.165) is 13.0 Å². The molecular formula is C16H27NOS. The van der Waals surface area contributed by atoms with Crippen LogP contribution in [0.3, 0.4) is 0 Å². The quantitative estimate of drug-likeness (QED) is 0.864. The van der Waals surface area contributed by atoms with E-state index in [4.69, 9.17) is 4.74 Å². The highest BCUT2D eigenvalue weighted by Crippen LogP contribution is 2.48. The van der Waals surface area contributed by atoms with Crippen LogP contribution in [0.15, 0.2) is 17.5 Å². The second-order valence-electron chi connectivity index (χ2n) is 6.72. The van der Waals surface area contributed by atoms with Crippen molar-refractivity contribution in [3.63, 3.8) is 0 Å². The highest BCUT2D eigenvalue weighted by molar-refractivity contribution is 7.10. The molecule has 0 amide bonds. The molecule has 1 N–H and O–H groups in total. The van der Waals surface area contributed by atoms with E-state index in [1.165, 1.54) is 11.3 Å². The predicted octanol–water partition coefficient (Wildman–Crippen LogP) is 4.38. The Labute approximate surface area is 121 Å². The van der Waals surface area contributed by atoms with E-state index in [9.17, 15) is 0 Å². The van der Waals surface area contributed by atoms with E-state index in [2.05, 4.69) is 57.4 Å². The molecular weight excluding hydrogens is 254 g/mol. The van der Waals surface area contributed by atoms with Gasteiger partial charge >= 0.3 is 0 Å². The van der Waals surface area contributed by atoms with Gasteiger partial charge in [0.25, 0.3) is 0 Å². The van der Waals surface area contributed by atoms with Crippen molar-refractivity contribution in [2.75, 3.05) is 6.54 Å². The van der Waals surface area contributed by atoms with E-state index in [1.807, 2.05) is 11.3 Å². The molecule has 1 fully saturated rings. The Bertz CT molecular complexity index is 397. The van der Waals surface area contributed by atoms with Crippen molar-refractivity contribution in [3.05, 3.63) is 22.4 Å². The molecule has 19 heavy (non-hydrogen) atoms. The smallest absolute Gasteiger partial charge is 0.0681 e. The molecule has 0 radical (unpaired) electrons. The van der Waals surface area contributed by atoms with E-state index in [1.54, 1.807) is 0 Å². The van der Waals surface area contributed by atoms with Crippen LogP contribution in [-0.2, 0) is 4.74 Å². The van der Waals surface area contributed by atoms with E-state index in [-0.39, 0.29) is 11.2 Å². The molecule has 0 aromatic carbocycles. The van der Waals surface area contributed by atoms with Gasteiger partial charge in [-0.3, -0.25) is 0 Å². The number of nitrogens with one attached hydrogen (secondary N) is 1. The van der Waals surface area contributed by atoms with Gasteiger partial charge in [0, 0.05) is 16.8 Å². The van der Waals surface area contributed by atoms with Crippen LogP contribution in [0.1, 0.15) is 58.4 Å². The Balaban J connectivity index is 2.23. The Morgan fingerprint density at radius 2 is 2.16 bits per heavy atom. The first-order chi connectivity index (χ1) is 8.86. The van der Waals surface area contributed by atoms with Gasteiger partial charge in [-0.1, -0.05) is 13.0 Å². The van der Waals surface area contributed by atoms with Gasteiger partial charge < -0.3 is 10.1 Å². The Morgan fingerprint density at radius 1 is 1.42 bits per heavy atom. The third-order valence-corrected chi connectivity index (χ3v) is 4.97. The first-order valence-corrected chi connectivity index (χ1v) is 8.20. The standard InChI is InChI=1S/C16H27NOS/c1-6-9-17-14(13-8-7-10-19-13)12-11-15(2,3)18-16(12,4)5/h7-8,10,12,14,17H,6,9,11H2,1-5H3. The SMILES string of the molecule is CCCNC(c1cccs1)C1CC(C)(C)OC1(C)C. The lowest BCUT2D eigenvalue weighted by atomic mass is 9.81. The van der Waals surface area contributed by atoms with Crippen molar-refractivity contribution in [1.82, 2.24) is 5.32 Å². The summed E-state index contributed by atoms with van der Waals surface area (Å²) in [4.78, 5) is 1.44. The van der Waals surface area contributed by atoms with Crippen LogP contribution < -0.4 is 5.32 Å². The average Bonchev–Trinajstić information content (AvgIpc) is 2.86. The normalized spacial score (nSPS) is 26.5. The lowest BCUT2D eigenvalue weighted by Gasteiger charge is -2.33. The summed E-state index contributed by atoms with van der Waals surface area (Å²) in [6.07, 6.45) is 2.28. The predicted molar refractivity (Wildman–Crippen MR) is 82.7 cm³/mol. The molecule has 0 bridgehead atoms. The minimum Gasteiger partial charge on any atom is -0.369 e. The maximum atomic E-state index is 6.27. The lowest BCUT2D eigenvalue weighted by molar-refractivity contribution is -0.0777. The van der Waals surface area contributed by atoms with Crippen LogP contribution in [0.4, 0.5) is 0 Å². The molecule has 2 unspecified atom stereocenters. The van der Waals surface area contributed by atoms with E-state index < -0.39 is 0 Å². The van der Waals surface area contributed by atoms with E-state index in [0.29, 0.717) is 12.0 Å². The molecule has 0 saturated carbocycles. The fraction of sp³-hybridized carbons (Fsp3) is 0.750. The third-order valence-electron chi connectivity index (χ3n) is 4.01. The number of rotatable bonds is 5. The minimum atomic E-state index is -0.0705. The summed E-state index contributed by atoms with van der Waals surface area (Å²) in [7, 11) is 0. The van der Waals surface area contributed by atoms with Crippen molar-refractivity contribution in [1.29, 1.82) is 0 Å². The summed E-state index contributed by atoms with van der Waals surface area (Å²) in [6, 6.07) is 4.81. The number of ether oxygens (including phenoxy) is 1. The fourth-order valence-corrected chi connectivity index (χ4v) is 4.20.